The summed E-state index contributed by atoms with van der Waals surface area (Å²) < 4.78 is 0. The van der Waals surface area contributed by atoms with E-state index in [1.54, 1.807) is 0 Å². The zero-order valence-electron chi connectivity index (χ0n) is 9.14. The first kappa shape index (κ1) is 10.1. The molecule has 4 atom stereocenters. The normalized spacial score (nSPS) is 33.0. The van der Waals surface area contributed by atoms with Gasteiger partial charge in [-0.2, -0.15) is 0 Å². The van der Waals surface area contributed by atoms with Crippen LogP contribution >= 0.6 is 0 Å². The molecular formula is C12H24. The van der Waals surface area contributed by atoms with Crippen molar-refractivity contribution in [1.82, 2.24) is 0 Å². The van der Waals surface area contributed by atoms with Crippen LogP contribution in [-0.2, 0) is 0 Å². The summed E-state index contributed by atoms with van der Waals surface area (Å²) in [6.45, 7) is 9.57. The van der Waals surface area contributed by atoms with Crippen LogP contribution in [0.5, 0.6) is 0 Å². The maximum Gasteiger partial charge on any atom is -0.0357 e. The van der Waals surface area contributed by atoms with Crippen molar-refractivity contribution in [2.45, 2.75) is 53.4 Å². The van der Waals surface area contributed by atoms with Gasteiger partial charge >= 0.3 is 0 Å². The lowest BCUT2D eigenvalue weighted by Crippen LogP contribution is -2.10. The Morgan fingerprint density at radius 2 is 1.92 bits per heavy atom. The zero-order chi connectivity index (χ0) is 9.14. The fourth-order valence-electron chi connectivity index (χ4n) is 2.29. The fourth-order valence-corrected chi connectivity index (χ4v) is 2.29. The Labute approximate surface area is 77.7 Å². The van der Waals surface area contributed by atoms with Gasteiger partial charge in [0.05, 0.1) is 0 Å². The summed E-state index contributed by atoms with van der Waals surface area (Å²) in [6.07, 6.45) is 5.72. The molecule has 0 aromatic rings. The monoisotopic (exact) mass is 168 g/mol. The van der Waals surface area contributed by atoms with Crippen LogP contribution in [0.25, 0.3) is 0 Å². The molecule has 0 saturated heterocycles. The summed E-state index contributed by atoms with van der Waals surface area (Å²) in [4.78, 5) is 0. The minimum Gasteiger partial charge on any atom is -0.0654 e. The molecule has 1 fully saturated rings. The van der Waals surface area contributed by atoms with E-state index in [2.05, 4.69) is 27.7 Å². The molecule has 0 N–H and O–H groups in total. The van der Waals surface area contributed by atoms with E-state index >= 15 is 0 Å². The summed E-state index contributed by atoms with van der Waals surface area (Å²) >= 11 is 0. The van der Waals surface area contributed by atoms with Gasteiger partial charge in [-0.25, -0.2) is 0 Å². The van der Waals surface area contributed by atoms with E-state index in [1.165, 1.54) is 25.7 Å². The van der Waals surface area contributed by atoms with Crippen molar-refractivity contribution >= 4 is 0 Å². The summed E-state index contributed by atoms with van der Waals surface area (Å²) in [5.74, 6) is 4.03. The summed E-state index contributed by atoms with van der Waals surface area (Å²) in [6, 6.07) is 0. The average molecular weight is 168 g/mol. The second-order valence-corrected chi connectivity index (χ2v) is 4.86. The van der Waals surface area contributed by atoms with Crippen LogP contribution in [0.4, 0.5) is 0 Å². The van der Waals surface area contributed by atoms with Crippen LogP contribution in [0, 0.1) is 23.7 Å². The second-order valence-electron chi connectivity index (χ2n) is 4.86. The fraction of sp³-hybridized carbons (Fsp3) is 1.00. The highest BCUT2D eigenvalue weighted by molar-refractivity contribution is 4.88. The van der Waals surface area contributed by atoms with Gasteiger partial charge in [-0.15, -0.1) is 0 Å². The van der Waals surface area contributed by atoms with Crippen molar-refractivity contribution in [3.63, 3.8) is 0 Å². The minimum absolute atomic E-state index is 0.958. The molecule has 0 spiro atoms. The van der Waals surface area contributed by atoms with Crippen LogP contribution in [-0.4, -0.2) is 0 Å². The van der Waals surface area contributed by atoms with Gasteiger partial charge in [-0.1, -0.05) is 47.0 Å². The second kappa shape index (κ2) is 4.30. The molecule has 0 aliphatic heterocycles. The number of unbranched alkanes of at least 4 members (excludes halogenated alkanes) is 1. The standard InChI is InChI=1S/C12H24/c1-5-6-7-9(2)11(4)12-8-10(12)3/h9-12H,5-8H2,1-4H3. The van der Waals surface area contributed by atoms with Crippen LogP contribution in [0.3, 0.4) is 0 Å². The Morgan fingerprint density at radius 1 is 1.33 bits per heavy atom. The van der Waals surface area contributed by atoms with E-state index in [0.717, 1.165) is 23.7 Å². The van der Waals surface area contributed by atoms with Gasteiger partial charge in [-0.05, 0) is 30.1 Å². The Hall–Kier alpha value is 0. The molecule has 0 heteroatoms. The first-order valence-corrected chi connectivity index (χ1v) is 5.66. The predicted molar refractivity (Wildman–Crippen MR) is 55.1 cm³/mol. The lowest BCUT2D eigenvalue weighted by atomic mass is 9.87. The minimum atomic E-state index is 0.958. The van der Waals surface area contributed by atoms with Crippen LogP contribution in [0.15, 0.2) is 0 Å². The SMILES string of the molecule is CCCCC(C)C(C)C1CC1C. The molecule has 12 heavy (non-hydrogen) atoms. The maximum atomic E-state index is 2.45. The predicted octanol–water partition coefficient (Wildman–Crippen LogP) is 4.10. The van der Waals surface area contributed by atoms with Gasteiger partial charge in [-0.3, -0.25) is 0 Å². The summed E-state index contributed by atoms with van der Waals surface area (Å²) in [5.41, 5.74) is 0. The van der Waals surface area contributed by atoms with Crippen LogP contribution in [0.2, 0.25) is 0 Å². The smallest absolute Gasteiger partial charge is 0.0357 e. The Morgan fingerprint density at radius 3 is 2.33 bits per heavy atom. The van der Waals surface area contributed by atoms with Gasteiger partial charge in [0.1, 0.15) is 0 Å². The quantitative estimate of drug-likeness (QED) is 0.579. The number of hydrogen-bond acceptors (Lipinski definition) is 0. The van der Waals surface area contributed by atoms with Gasteiger partial charge in [0.2, 0.25) is 0 Å². The largest absolute Gasteiger partial charge is 0.0654 e. The van der Waals surface area contributed by atoms with E-state index in [9.17, 15) is 0 Å². The first-order valence-electron chi connectivity index (χ1n) is 5.66. The van der Waals surface area contributed by atoms with Crippen LogP contribution in [0.1, 0.15) is 53.4 Å². The molecule has 0 bridgehead atoms. The maximum absolute atomic E-state index is 2.45. The molecule has 1 aliphatic carbocycles. The third-order valence-electron chi connectivity index (χ3n) is 3.76. The Balaban J connectivity index is 2.17. The first-order chi connectivity index (χ1) is 5.66. The van der Waals surface area contributed by atoms with E-state index in [1.807, 2.05) is 0 Å². The van der Waals surface area contributed by atoms with Crippen molar-refractivity contribution in [2.75, 3.05) is 0 Å². The average Bonchev–Trinajstić information content (AvgIpc) is 2.77. The molecule has 0 aromatic carbocycles. The zero-order valence-corrected chi connectivity index (χ0v) is 9.14. The third-order valence-corrected chi connectivity index (χ3v) is 3.76. The highest BCUT2D eigenvalue weighted by Gasteiger charge is 2.38. The molecule has 0 radical (unpaired) electrons. The summed E-state index contributed by atoms with van der Waals surface area (Å²) in [5, 5.41) is 0. The van der Waals surface area contributed by atoms with Crippen molar-refractivity contribution in [1.29, 1.82) is 0 Å². The molecular weight excluding hydrogens is 144 g/mol. The molecule has 4 unspecified atom stereocenters. The van der Waals surface area contributed by atoms with E-state index in [-0.39, 0.29) is 0 Å². The topological polar surface area (TPSA) is 0 Å². The lowest BCUT2D eigenvalue weighted by molar-refractivity contribution is 0.310. The van der Waals surface area contributed by atoms with Gasteiger partial charge in [0.15, 0.2) is 0 Å². The molecule has 0 nitrogen and oxygen atoms in total. The molecule has 72 valence electrons. The highest BCUT2D eigenvalue weighted by atomic mass is 14.4. The molecule has 1 saturated carbocycles. The number of hydrogen-bond donors (Lipinski definition) is 0. The molecule has 0 heterocycles. The van der Waals surface area contributed by atoms with Crippen molar-refractivity contribution < 1.29 is 0 Å². The van der Waals surface area contributed by atoms with Gasteiger partial charge in [0, 0.05) is 0 Å². The molecule has 0 amide bonds. The number of rotatable bonds is 5. The van der Waals surface area contributed by atoms with Crippen molar-refractivity contribution in [3.8, 4) is 0 Å². The van der Waals surface area contributed by atoms with Gasteiger partial charge in [0.25, 0.3) is 0 Å². The van der Waals surface area contributed by atoms with Crippen molar-refractivity contribution in [3.05, 3.63) is 0 Å². The van der Waals surface area contributed by atoms with E-state index in [4.69, 9.17) is 0 Å². The van der Waals surface area contributed by atoms with Crippen LogP contribution < -0.4 is 0 Å². The van der Waals surface area contributed by atoms with E-state index < -0.39 is 0 Å². The van der Waals surface area contributed by atoms with Crippen molar-refractivity contribution in [2.24, 2.45) is 23.7 Å². The van der Waals surface area contributed by atoms with Gasteiger partial charge < -0.3 is 0 Å². The molecule has 1 rings (SSSR count). The molecule has 1 aliphatic rings. The Bertz CT molecular complexity index is 128. The molecule has 0 aromatic heterocycles. The highest BCUT2D eigenvalue weighted by Crippen LogP contribution is 2.46. The Kier molecular flexibility index (Phi) is 3.61. The third kappa shape index (κ3) is 2.50. The lowest BCUT2D eigenvalue weighted by Gasteiger charge is -2.19. The van der Waals surface area contributed by atoms with E-state index in [0.29, 0.717) is 0 Å². The summed E-state index contributed by atoms with van der Waals surface area (Å²) in [7, 11) is 0.